The van der Waals surface area contributed by atoms with E-state index in [0.29, 0.717) is 5.92 Å². The van der Waals surface area contributed by atoms with Crippen molar-refractivity contribution in [2.45, 2.75) is 25.7 Å². The second-order valence-corrected chi connectivity index (χ2v) is 5.26. The zero-order valence-corrected chi connectivity index (χ0v) is 10.2. The number of hydrogen-bond donors (Lipinski definition) is 0. The molecule has 0 aromatic heterocycles. The van der Waals surface area contributed by atoms with Gasteiger partial charge in [-0.2, -0.15) is 0 Å². The maximum absolute atomic E-state index is 5.58. The summed E-state index contributed by atoms with van der Waals surface area (Å²) < 4.78 is 5.58. The van der Waals surface area contributed by atoms with Gasteiger partial charge in [-0.1, -0.05) is 30.9 Å². The van der Waals surface area contributed by atoms with Crippen molar-refractivity contribution in [2.24, 2.45) is 11.8 Å². The Morgan fingerprint density at radius 3 is 2.82 bits per heavy atom. The van der Waals surface area contributed by atoms with Gasteiger partial charge in [0.05, 0.1) is 5.76 Å². The lowest BCUT2D eigenvalue weighted by molar-refractivity contribution is 0.429. The molecule has 0 heterocycles. The predicted molar refractivity (Wildman–Crippen MR) is 70.0 cm³/mol. The Morgan fingerprint density at radius 1 is 1.29 bits per heavy atom. The molecular weight excluding hydrogens is 208 g/mol. The van der Waals surface area contributed by atoms with E-state index in [-0.39, 0.29) is 0 Å². The summed E-state index contributed by atoms with van der Waals surface area (Å²) in [5.41, 5.74) is 1.42. The van der Waals surface area contributed by atoms with E-state index in [9.17, 15) is 0 Å². The highest BCUT2D eigenvalue weighted by molar-refractivity contribution is 5.34. The molecule has 1 saturated carbocycles. The van der Waals surface area contributed by atoms with Crippen molar-refractivity contribution in [1.82, 2.24) is 0 Å². The Labute approximate surface area is 103 Å². The number of hydrogen-bond acceptors (Lipinski definition) is 1. The Morgan fingerprint density at radius 2 is 2.18 bits per heavy atom. The van der Waals surface area contributed by atoms with Crippen molar-refractivity contribution < 1.29 is 4.74 Å². The molecular formula is C16H18O. The van der Waals surface area contributed by atoms with Crippen LogP contribution in [0.3, 0.4) is 0 Å². The first kappa shape index (κ1) is 10.6. The normalized spacial score (nSPS) is 29.6. The molecule has 17 heavy (non-hydrogen) atoms. The Kier molecular flexibility index (Phi) is 2.54. The van der Waals surface area contributed by atoms with E-state index < -0.39 is 0 Å². The summed E-state index contributed by atoms with van der Waals surface area (Å²) in [6.07, 6.45) is 7.43. The largest absolute Gasteiger partial charge is 0.463 e. The Balaban J connectivity index is 1.83. The standard InChI is InChI=1S/C16H18O/c1-11(2)17-15-5-3-4-13(10-15)16-9-12-6-7-14(16)8-12/h3-7,10,12,14,16H,1,8-9H2,2H3. The fraction of sp³-hybridized carbons (Fsp3) is 0.375. The van der Waals surface area contributed by atoms with Gasteiger partial charge in [0, 0.05) is 0 Å². The molecule has 0 radical (unpaired) electrons. The number of ether oxygens (including phenoxy) is 1. The van der Waals surface area contributed by atoms with Crippen LogP contribution in [0.2, 0.25) is 0 Å². The average Bonchev–Trinajstić information content (AvgIpc) is 2.90. The summed E-state index contributed by atoms with van der Waals surface area (Å²) in [5, 5.41) is 0. The zero-order chi connectivity index (χ0) is 11.8. The van der Waals surface area contributed by atoms with Crippen LogP contribution in [0.15, 0.2) is 48.8 Å². The summed E-state index contributed by atoms with van der Waals surface area (Å²) >= 11 is 0. The lowest BCUT2D eigenvalue weighted by Crippen LogP contribution is -2.05. The highest BCUT2D eigenvalue weighted by Crippen LogP contribution is 2.49. The van der Waals surface area contributed by atoms with Crippen LogP contribution in [0.5, 0.6) is 5.75 Å². The minimum Gasteiger partial charge on any atom is -0.463 e. The van der Waals surface area contributed by atoms with E-state index in [4.69, 9.17) is 4.74 Å². The lowest BCUT2D eigenvalue weighted by Gasteiger charge is -2.19. The molecule has 1 heteroatoms. The minimum atomic E-state index is 0.693. The molecule has 0 N–H and O–H groups in total. The molecule has 88 valence electrons. The third kappa shape index (κ3) is 2.02. The third-order valence-electron chi connectivity index (χ3n) is 3.86. The van der Waals surface area contributed by atoms with E-state index in [1.165, 1.54) is 18.4 Å². The third-order valence-corrected chi connectivity index (χ3v) is 3.86. The summed E-state index contributed by atoms with van der Waals surface area (Å²) in [6, 6.07) is 8.49. The van der Waals surface area contributed by atoms with Gasteiger partial charge in [0.25, 0.3) is 0 Å². The highest BCUT2D eigenvalue weighted by Gasteiger charge is 2.36. The average molecular weight is 226 g/mol. The molecule has 0 spiro atoms. The maximum Gasteiger partial charge on any atom is 0.127 e. The van der Waals surface area contributed by atoms with Crippen molar-refractivity contribution in [3.05, 3.63) is 54.3 Å². The number of fused-ring (bicyclic) bond motifs is 2. The van der Waals surface area contributed by atoms with Crippen LogP contribution in [0.4, 0.5) is 0 Å². The van der Waals surface area contributed by atoms with Gasteiger partial charge in [-0.05, 0) is 55.2 Å². The van der Waals surface area contributed by atoms with Crippen LogP contribution in [0, 0.1) is 11.8 Å². The molecule has 2 aliphatic rings. The van der Waals surface area contributed by atoms with Gasteiger partial charge in [0.1, 0.15) is 5.75 Å². The van der Waals surface area contributed by atoms with Crippen LogP contribution >= 0.6 is 0 Å². The quantitative estimate of drug-likeness (QED) is 0.552. The van der Waals surface area contributed by atoms with Crippen molar-refractivity contribution in [2.75, 3.05) is 0 Å². The molecule has 1 fully saturated rings. The highest BCUT2D eigenvalue weighted by atomic mass is 16.5. The smallest absolute Gasteiger partial charge is 0.127 e. The lowest BCUT2D eigenvalue weighted by atomic mass is 9.87. The summed E-state index contributed by atoms with van der Waals surface area (Å²) in [6.45, 7) is 5.66. The van der Waals surface area contributed by atoms with Crippen molar-refractivity contribution in [1.29, 1.82) is 0 Å². The van der Waals surface area contributed by atoms with Gasteiger partial charge in [-0.3, -0.25) is 0 Å². The van der Waals surface area contributed by atoms with E-state index in [1.54, 1.807) is 0 Å². The van der Waals surface area contributed by atoms with Gasteiger partial charge < -0.3 is 4.74 Å². The van der Waals surface area contributed by atoms with E-state index in [0.717, 1.165) is 23.3 Å². The monoisotopic (exact) mass is 226 g/mol. The minimum absolute atomic E-state index is 0.693. The number of rotatable bonds is 3. The molecule has 2 bridgehead atoms. The number of allylic oxidation sites excluding steroid dienone is 3. The van der Waals surface area contributed by atoms with Crippen LogP contribution in [0.25, 0.3) is 0 Å². The van der Waals surface area contributed by atoms with Crippen molar-refractivity contribution >= 4 is 0 Å². The molecule has 1 aromatic carbocycles. The van der Waals surface area contributed by atoms with E-state index in [2.05, 4.69) is 36.9 Å². The van der Waals surface area contributed by atoms with Gasteiger partial charge in [0.15, 0.2) is 0 Å². The first-order chi connectivity index (χ1) is 8.22. The first-order valence-corrected chi connectivity index (χ1v) is 6.34. The van der Waals surface area contributed by atoms with Gasteiger partial charge >= 0.3 is 0 Å². The van der Waals surface area contributed by atoms with Gasteiger partial charge in [-0.25, -0.2) is 0 Å². The molecule has 3 rings (SSSR count). The molecule has 0 aliphatic heterocycles. The molecule has 2 aliphatic carbocycles. The Bertz CT molecular complexity index is 472. The van der Waals surface area contributed by atoms with Crippen LogP contribution in [-0.2, 0) is 0 Å². The fourth-order valence-electron chi connectivity index (χ4n) is 3.17. The molecule has 3 unspecified atom stereocenters. The van der Waals surface area contributed by atoms with Gasteiger partial charge in [0.2, 0.25) is 0 Å². The molecule has 3 atom stereocenters. The fourth-order valence-corrected chi connectivity index (χ4v) is 3.17. The van der Waals surface area contributed by atoms with Gasteiger partial charge in [-0.15, -0.1) is 0 Å². The topological polar surface area (TPSA) is 9.23 Å². The summed E-state index contributed by atoms with van der Waals surface area (Å²) in [4.78, 5) is 0. The van der Waals surface area contributed by atoms with Crippen LogP contribution in [-0.4, -0.2) is 0 Å². The molecule has 1 nitrogen and oxygen atoms in total. The maximum atomic E-state index is 5.58. The van der Waals surface area contributed by atoms with Crippen molar-refractivity contribution in [3.63, 3.8) is 0 Å². The second-order valence-electron chi connectivity index (χ2n) is 5.26. The van der Waals surface area contributed by atoms with E-state index >= 15 is 0 Å². The summed E-state index contributed by atoms with van der Waals surface area (Å²) in [7, 11) is 0. The summed E-state index contributed by atoms with van der Waals surface area (Å²) in [5.74, 6) is 3.92. The first-order valence-electron chi connectivity index (χ1n) is 6.34. The SMILES string of the molecule is C=C(C)Oc1cccc(C2CC3C=CC2C3)c1. The predicted octanol–water partition coefficient (Wildman–Crippen LogP) is 4.28. The number of benzene rings is 1. The van der Waals surface area contributed by atoms with Crippen LogP contribution < -0.4 is 4.74 Å². The molecule has 0 amide bonds. The zero-order valence-electron chi connectivity index (χ0n) is 10.2. The molecule has 0 saturated heterocycles. The van der Waals surface area contributed by atoms with Crippen molar-refractivity contribution in [3.8, 4) is 5.75 Å². The Hall–Kier alpha value is -1.50. The van der Waals surface area contributed by atoms with E-state index in [1.807, 2.05) is 13.0 Å². The molecule has 1 aromatic rings. The van der Waals surface area contributed by atoms with Crippen LogP contribution in [0.1, 0.15) is 31.2 Å². The second kappa shape index (κ2) is 4.06.